The Morgan fingerprint density at radius 3 is 2.65 bits per heavy atom. The number of aliphatic hydroxyl groups excluding tert-OH is 1. The molecule has 0 bridgehead atoms. The number of nitrogens with zero attached hydrogens (tertiary/aromatic N) is 2. The molecule has 2 unspecified atom stereocenters. The average molecular weight is 310 g/mol. The Hall–Kier alpha value is -1.45. The lowest BCUT2D eigenvalue weighted by atomic mass is 9.84. The molecule has 1 aromatic heterocycles. The molecule has 0 radical (unpaired) electrons. The highest BCUT2D eigenvalue weighted by atomic mass is 16.3. The predicted molar refractivity (Wildman–Crippen MR) is 93.6 cm³/mol. The number of aliphatic hydroxyl groups is 1. The van der Waals surface area contributed by atoms with Gasteiger partial charge >= 0.3 is 0 Å². The molecule has 1 N–H and O–H groups in total. The van der Waals surface area contributed by atoms with E-state index in [0.717, 1.165) is 19.5 Å². The van der Waals surface area contributed by atoms with Gasteiger partial charge in [-0.3, -0.25) is 9.88 Å². The van der Waals surface area contributed by atoms with Gasteiger partial charge in [-0.1, -0.05) is 31.0 Å². The minimum Gasteiger partial charge on any atom is -0.391 e. The maximum Gasteiger partial charge on any atom is 0.0695 e. The van der Waals surface area contributed by atoms with E-state index in [1.807, 2.05) is 12.4 Å². The van der Waals surface area contributed by atoms with Gasteiger partial charge in [-0.25, -0.2) is 0 Å². The maximum absolute atomic E-state index is 10.3. The van der Waals surface area contributed by atoms with Crippen molar-refractivity contribution in [3.8, 4) is 0 Å². The number of rotatable bonds is 2. The molecule has 2 aliphatic rings. The summed E-state index contributed by atoms with van der Waals surface area (Å²) in [6.07, 6.45) is 10.8. The van der Waals surface area contributed by atoms with Gasteiger partial charge in [0.1, 0.15) is 0 Å². The van der Waals surface area contributed by atoms with Crippen LogP contribution in [0.15, 0.2) is 36.7 Å². The summed E-state index contributed by atoms with van der Waals surface area (Å²) in [5, 5.41) is 12.9. The third kappa shape index (κ3) is 3.00. The summed E-state index contributed by atoms with van der Waals surface area (Å²) in [6, 6.07) is 9.16. The summed E-state index contributed by atoms with van der Waals surface area (Å²) in [7, 11) is 0. The van der Waals surface area contributed by atoms with E-state index in [-0.39, 0.29) is 6.10 Å². The summed E-state index contributed by atoms with van der Waals surface area (Å²) in [6.45, 7) is 2.24. The standard InChI is InChI=1S/C20H26N2O/c23-20-7-2-1-6-19(20)22-12-9-15(10-13-22)17-5-3-4-16-14-21-11-8-18(16)17/h3-5,8,11,14-15,19-20,23H,1-2,6-7,9-10,12-13H2. The van der Waals surface area contributed by atoms with E-state index in [2.05, 4.69) is 34.1 Å². The molecule has 2 heterocycles. The van der Waals surface area contributed by atoms with Crippen LogP contribution in [0.4, 0.5) is 0 Å². The maximum atomic E-state index is 10.3. The molecule has 122 valence electrons. The average Bonchev–Trinajstić information content (AvgIpc) is 2.62. The normalized spacial score (nSPS) is 27.3. The Labute approximate surface area is 138 Å². The Morgan fingerprint density at radius 1 is 1.00 bits per heavy atom. The SMILES string of the molecule is OC1CCCCC1N1CCC(c2cccc3cnccc23)CC1. The lowest BCUT2D eigenvalue weighted by Gasteiger charge is -2.41. The van der Waals surface area contributed by atoms with Crippen LogP contribution in [-0.2, 0) is 0 Å². The van der Waals surface area contributed by atoms with E-state index >= 15 is 0 Å². The first-order valence-corrected chi connectivity index (χ1v) is 9.07. The Morgan fingerprint density at radius 2 is 1.83 bits per heavy atom. The first-order chi connectivity index (χ1) is 11.3. The van der Waals surface area contributed by atoms with E-state index in [1.54, 1.807) is 0 Å². The summed E-state index contributed by atoms with van der Waals surface area (Å²) in [5.74, 6) is 0.637. The van der Waals surface area contributed by atoms with Crippen LogP contribution in [0, 0.1) is 0 Å². The van der Waals surface area contributed by atoms with Crippen LogP contribution in [0.1, 0.15) is 50.0 Å². The van der Waals surface area contributed by atoms with Crippen molar-refractivity contribution in [3.63, 3.8) is 0 Å². The van der Waals surface area contributed by atoms with Gasteiger partial charge in [-0.2, -0.15) is 0 Å². The number of likely N-dealkylation sites (tertiary alicyclic amines) is 1. The molecular formula is C20H26N2O. The highest BCUT2D eigenvalue weighted by molar-refractivity contribution is 5.85. The minimum absolute atomic E-state index is 0.107. The zero-order valence-corrected chi connectivity index (χ0v) is 13.7. The molecule has 1 aliphatic carbocycles. The largest absolute Gasteiger partial charge is 0.391 e. The van der Waals surface area contributed by atoms with Gasteiger partial charge in [0.05, 0.1) is 6.10 Å². The Bertz CT molecular complexity index is 658. The second kappa shape index (κ2) is 6.58. The fourth-order valence-corrected chi connectivity index (χ4v) is 4.56. The van der Waals surface area contributed by atoms with Crippen molar-refractivity contribution in [2.45, 2.75) is 56.6 Å². The molecule has 1 saturated heterocycles. The second-order valence-corrected chi connectivity index (χ2v) is 7.17. The van der Waals surface area contributed by atoms with Crippen molar-refractivity contribution in [2.24, 2.45) is 0 Å². The quantitative estimate of drug-likeness (QED) is 0.918. The molecular weight excluding hydrogens is 284 g/mol. The molecule has 2 aromatic rings. The summed E-state index contributed by atoms with van der Waals surface area (Å²) in [5.41, 5.74) is 1.48. The highest BCUT2D eigenvalue weighted by Gasteiger charge is 2.31. The summed E-state index contributed by atoms with van der Waals surface area (Å²) in [4.78, 5) is 6.79. The highest BCUT2D eigenvalue weighted by Crippen LogP contribution is 2.35. The molecule has 23 heavy (non-hydrogen) atoms. The van der Waals surface area contributed by atoms with Gasteiger partial charge in [0.2, 0.25) is 0 Å². The summed E-state index contributed by atoms with van der Waals surface area (Å²) >= 11 is 0. The number of pyridine rings is 1. The second-order valence-electron chi connectivity index (χ2n) is 7.17. The number of aromatic nitrogens is 1. The molecule has 2 fully saturated rings. The smallest absolute Gasteiger partial charge is 0.0695 e. The van der Waals surface area contributed by atoms with E-state index in [4.69, 9.17) is 0 Å². The number of hydrogen-bond donors (Lipinski definition) is 1. The molecule has 1 aromatic carbocycles. The van der Waals surface area contributed by atoms with Gasteiger partial charge < -0.3 is 5.11 Å². The van der Waals surface area contributed by atoms with Crippen LogP contribution in [-0.4, -0.2) is 40.2 Å². The number of benzene rings is 1. The van der Waals surface area contributed by atoms with Gasteiger partial charge in [-0.05, 0) is 61.7 Å². The predicted octanol–water partition coefficient (Wildman–Crippen LogP) is 3.72. The van der Waals surface area contributed by atoms with Gasteiger partial charge in [-0.15, -0.1) is 0 Å². The van der Waals surface area contributed by atoms with Crippen molar-refractivity contribution in [3.05, 3.63) is 42.2 Å². The van der Waals surface area contributed by atoms with E-state index in [0.29, 0.717) is 12.0 Å². The van der Waals surface area contributed by atoms with Crippen LogP contribution in [0.2, 0.25) is 0 Å². The van der Waals surface area contributed by atoms with Crippen LogP contribution in [0.3, 0.4) is 0 Å². The molecule has 0 spiro atoms. The van der Waals surface area contributed by atoms with Crippen molar-refractivity contribution in [1.82, 2.24) is 9.88 Å². The van der Waals surface area contributed by atoms with Crippen molar-refractivity contribution in [2.75, 3.05) is 13.1 Å². The van der Waals surface area contributed by atoms with Crippen LogP contribution in [0.25, 0.3) is 10.8 Å². The lowest BCUT2D eigenvalue weighted by Crippen LogP contribution is -2.48. The molecule has 1 aliphatic heterocycles. The van der Waals surface area contributed by atoms with Gasteiger partial charge in [0.15, 0.2) is 0 Å². The van der Waals surface area contributed by atoms with Crippen LogP contribution >= 0.6 is 0 Å². The van der Waals surface area contributed by atoms with E-state index in [1.165, 1.54) is 48.4 Å². The van der Waals surface area contributed by atoms with Crippen LogP contribution in [0.5, 0.6) is 0 Å². The topological polar surface area (TPSA) is 36.4 Å². The Balaban J connectivity index is 1.48. The minimum atomic E-state index is -0.107. The van der Waals surface area contributed by atoms with E-state index < -0.39 is 0 Å². The van der Waals surface area contributed by atoms with Crippen molar-refractivity contribution in [1.29, 1.82) is 0 Å². The number of fused-ring (bicyclic) bond motifs is 1. The fraction of sp³-hybridized carbons (Fsp3) is 0.550. The monoisotopic (exact) mass is 310 g/mol. The first-order valence-electron chi connectivity index (χ1n) is 9.07. The number of piperidine rings is 1. The molecule has 1 saturated carbocycles. The summed E-state index contributed by atoms with van der Waals surface area (Å²) < 4.78 is 0. The molecule has 3 nitrogen and oxygen atoms in total. The zero-order chi connectivity index (χ0) is 15.6. The van der Waals surface area contributed by atoms with Crippen molar-refractivity contribution < 1.29 is 5.11 Å². The fourth-order valence-electron chi connectivity index (χ4n) is 4.56. The molecule has 3 heteroatoms. The third-order valence-corrected chi connectivity index (χ3v) is 5.85. The van der Waals surface area contributed by atoms with Crippen molar-refractivity contribution >= 4 is 10.8 Å². The number of hydrogen-bond acceptors (Lipinski definition) is 3. The van der Waals surface area contributed by atoms with Gasteiger partial charge in [0.25, 0.3) is 0 Å². The Kier molecular flexibility index (Phi) is 4.32. The zero-order valence-electron chi connectivity index (χ0n) is 13.7. The molecule has 0 amide bonds. The first kappa shape index (κ1) is 15.1. The third-order valence-electron chi connectivity index (χ3n) is 5.85. The molecule has 2 atom stereocenters. The lowest BCUT2D eigenvalue weighted by molar-refractivity contribution is 0.00876. The molecule has 4 rings (SSSR count). The van der Waals surface area contributed by atoms with E-state index in [9.17, 15) is 5.11 Å². The van der Waals surface area contributed by atoms with Gasteiger partial charge in [0, 0.05) is 23.8 Å². The van der Waals surface area contributed by atoms with Crippen LogP contribution < -0.4 is 0 Å².